The topological polar surface area (TPSA) is 0 Å². The molecular weight excluding hydrogens is 132 g/mol. The fourth-order valence-corrected chi connectivity index (χ4v) is 4.35. The van der Waals surface area contributed by atoms with Gasteiger partial charge in [-0.25, -0.2) is 0 Å². The van der Waals surface area contributed by atoms with Gasteiger partial charge >= 0.3 is 0 Å². The van der Waals surface area contributed by atoms with E-state index in [4.69, 9.17) is 0 Å². The molecule has 0 aromatic heterocycles. The van der Waals surface area contributed by atoms with Crippen molar-refractivity contribution < 1.29 is 0 Å². The minimum atomic E-state index is 0.778. The van der Waals surface area contributed by atoms with Crippen molar-refractivity contribution in [3.8, 4) is 0 Å². The molecule has 0 amide bonds. The molecule has 0 aromatic rings. The molecule has 11 heavy (non-hydrogen) atoms. The van der Waals surface area contributed by atoms with Gasteiger partial charge in [0.05, 0.1) is 0 Å². The van der Waals surface area contributed by atoms with Gasteiger partial charge in [0.15, 0.2) is 0 Å². The zero-order valence-corrected chi connectivity index (χ0v) is 8.22. The summed E-state index contributed by atoms with van der Waals surface area (Å²) in [7, 11) is 0. The molecular formula is C11H20. The van der Waals surface area contributed by atoms with Crippen LogP contribution >= 0.6 is 0 Å². The summed E-state index contributed by atoms with van der Waals surface area (Å²) in [6.07, 6.45) is 3.03. The van der Waals surface area contributed by atoms with E-state index >= 15 is 0 Å². The van der Waals surface area contributed by atoms with Crippen LogP contribution in [-0.4, -0.2) is 0 Å². The van der Waals surface area contributed by atoms with Crippen LogP contribution in [0.5, 0.6) is 0 Å². The molecule has 0 N–H and O–H groups in total. The molecule has 2 aliphatic rings. The first kappa shape index (κ1) is 7.64. The quantitative estimate of drug-likeness (QED) is 0.540. The highest BCUT2D eigenvalue weighted by Crippen LogP contribution is 2.70. The summed E-state index contributed by atoms with van der Waals surface area (Å²) in [6, 6.07) is 0. The lowest BCUT2D eigenvalue weighted by molar-refractivity contribution is -0.214. The van der Waals surface area contributed by atoms with Crippen LogP contribution in [0.15, 0.2) is 0 Å². The summed E-state index contributed by atoms with van der Waals surface area (Å²) in [6.45, 7) is 9.73. The van der Waals surface area contributed by atoms with Crippen molar-refractivity contribution in [1.29, 1.82) is 0 Å². The first-order valence-corrected chi connectivity index (χ1v) is 5.10. The minimum Gasteiger partial charge on any atom is -0.0622 e. The Hall–Kier alpha value is 0. The Balaban J connectivity index is 2.20. The van der Waals surface area contributed by atoms with Crippen LogP contribution in [0.25, 0.3) is 0 Å². The molecule has 0 aromatic carbocycles. The number of hydrogen-bond donors (Lipinski definition) is 0. The molecule has 0 spiro atoms. The second kappa shape index (κ2) is 2.02. The van der Waals surface area contributed by atoms with Gasteiger partial charge in [0.2, 0.25) is 0 Å². The van der Waals surface area contributed by atoms with E-state index in [0.717, 1.165) is 29.1 Å². The van der Waals surface area contributed by atoms with Crippen molar-refractivity contribution in [2.24, 2.45) is 29.1 Å². The first-order chi connectivity index (χ1) is 5.10. The van der Waals surface area contributed by atoms with E-state index in [9.17, 15) is 0 Å². The smallest absolute Gasteiger partial charge is 0.0194 e. The van der Waals surface area contributed by atoms with Crippen LogP contribution in [0.4, 0.5) is 0 Å². The predicted octanol–water partition coefficient (Wildman–Crippen LogP) is 3.32. The molecule has 0 bridgehead atoms. The van der Waals surface area contributed by atoms with Gasteiger partial charge in [-0.05, 0) is 41.9 Å². The highest BCUT2D eigenvalue weighted by molar-refractivity contribution is 5.12. The maximum atomic E-state index is 2.45. The predicted molar refractivity (Wildman–Crippen MR) is 48.3 cm³/mol. The van der Waals surface area contributed by atoms with Gasteiger partial charge in [0, 0.05) is 0 Å². The lowest BCUT2D eigenvalue weighted by Crippen LogP contribution is -2.63. The van der Waals surface area contributed by atoms with Gasteiger partial charge in [-0.1, -0.05) is 27.7 Å². The highest BCUT2D eigenvalue weighted by Gasteiger charge is 2.63. The Bertz CT molecular complexity index is 137. The van der Waals surface area contributed by atoms with Crippen LogP contribution in [0.3, 0.4) is 0 Å². The van der Waals surface area contributed by atoms with Crippen molar-refractivity contribution in [3.05, 3.63) is 0 Å². The van der Waals surface area contributed by atoms with Crippen LogP contribution in [0.1, 0.15) is 40.5 Å². The molecule has 2 rings (SSSR count). The van der Waals surface area contributed by atoms with E-state index in [1.807, 2.05) is 0 Å². The summed E-state index contributed by atoms with van der Waals surface area (Å²) >= 11 is 0. The summed E-state index contributed by atoms with van der Waals surface area (Å²) in [5.74, 6) is 4.04. The van der Waals surface area contributed by atoms with E-state index in [-0.39, 0.29) is 0 Å². The number of rotatable bonds is 1. The molecule has 0 radical (unpaired) electrons. The Kier molecular flexibility index (Phi) is 1.41. The summed E-state index contributed by atoms with van der Waals surface area (Å²) < 4.78 is 0. The molecule has 0 nitrogen and oxygen atoms in total. The molecule has 0 heteroatoms. The van der Waals surface area contributed by atoms with Crippen molar-refractivity contribution in [3.63, 3.8) is 0 Å². The third-order valence-corrected chi connectivity index (χ3v) is 4.69. The van der Waals surface area contributed by atoms with E-state index in [1.165, 1.54) is 12.8 Å². The number of fused-ring (bicyclic) bond motifs is 1. The molecule has 0 heterocycles. The average molecular weight is 152 g/mol. The monoisotopic (exact) mass is 152 g/mol. The van der Waals surface area contributed by atoms with Gasteiger partial charge in [0.25, 0.3) is 0 Å². The van der Waals surface area contributed by atoms with E-state index in [2.05, 4.69) is 27.7 Å². The summed E-state index contributed by atoms with van der Waals surface area (Å²) in [4.78, 5) is 0. The molecule has 2 atom stereocenters. The molecule has 0 saturated heterocycles. The molecule has 2 fully saturated rings. The Morgan fingerprint density at radius 3 is 1.64 bits per heavy atom. The normalized spacial score (nSPS) is 54.8. The third-order valence-electron chi connectivity index (χ3n) is 4.69. The standard InChI is InChI=1S/C11H20/c1-7(2)11-8(3)5-10(11)6-9(11)4/h7-10H,5-6H2,1-4H3. The molecule has 2 saturated carbocycles. The second-order valence-corrected chi connectivity index (χ2v) is 5.13. The molecule has 0 aliphatic heterocycles. The van der Waals surface area contributed by atoms with Crippen molar-refractivity contribution in [2.75, 3.05) is 0 Å². The largest absolute Gasteiger partial charge is 0.0622 e. The van der Waals surface area contributed by atoms with E-state index in [0.29, 0.717) is 0 Å². The van der Waals surface area contributed by atoms with Gasteiger partial charge < -0.3 is 0 Å². The Morgan fingerprint density at radius 1 is 1.09 bits per heavy atom. The van der Waals surface area contributed by atoms with Crippen molar-refractivity contribution in [1.82, 2.24) is 0 Å². The van der Waals surface area contributed by atoms with Gasteiger partial charge in [-0.15, -0.1) is 0 Å². The van der Waals surface area contributed by atoms with Crippen molar-refractivity contribution >= 4 is 0 Å². The van der Waals surface area contributed by atoms with Gasteiger partial charge in [-0.3, -0.25) is 0 Å². The zero-order chi connectivity index (χ0) is 8.22. The second-order valence-electron chi connectivity index (χ2n) is 5.13. The molecule has 2 aliphatic carbocycles. The van der Waals surface area contributed by atoms with Gasteiger partial charge in [0.1, 0.15) is 0 Å². The third kappa shape index (κ3) is 0.625. The average Bonchev–Trinajstić information content (AvgIpc) is 1.84. The Morgan fingerprint density at radius 2 is 1.55 bits per heavy atom. The van der Waals surface area contributed by atoms with Crippen molar-refractivity contribution in [2.45, 2.75) is 40.5 Å². The van der Waals surface area contributed by atoms with Crippen LogP contribution in [0.2, 0.25) is 0 Å². The summed E-state index contributed by atoms with van der Waals surface area (Å²) in [5, 5.41) is 0. The SMILES string of the molecule is CC(C)C12C(C)CC1CC2C. The fourth-order valence-electron chi connectivity index (χ4n) is 4.35. The first-order valence-electron chi connectivity index (χ1n) is 5.10. The maximum Gasteiger partial charge on any atom is -0.0194 e. The van der Waals surface area contributed by atoms with E-state index in [1.54, 1.807) is 0 Å². The maximum absolute atomic E-state index is 2.45. The van der Waals surface area contributed by atoms with E-state index < -0.39 is 0 Å². The van der Waals surface area contributed by atoms with Gasteiger partial charge in [-0.2, -0.15) is 0 Å². The van der Waals surface area contributed by atoms with Crippen LogP contribution < -0.4 is 0 Å². The lowest BCUT2D eigenvalue weighted by atomic mass is 9.35. The molecule has 2 unspecified atom stereocenters. The Labute approximate surface area is 70.4 Å². The summed E-state index contributed by atoms with van der Waals surface area (Å²) in [5.41, 5.74) is 0.778. The highest BCUT2D eigenvalue weighted by atomic mass is 14.7. The zero-order valence-electron chi connectivity index (χ0n) is 8.22. The van der Waals surface area contributed by atoms with Crippen LogP contribution in [0, 0.1) is 29.1 Å². The minimum absolute atomic E-state index is 0.778. The van der Waals surface area contributed by atoms with Crippen LogP contribution in [-0.2, 0) is 0 Å². The fraction of sp³-hybridized carbons (Fsp3) is 1.00. The number of hydrogen-bond acceptors (Lipinski definition) is 0. The lowest BCUT2D eigenvalue weighted by Gasteiger charge is -2.70. The molecule has 64 valence electrons.